The Kier molecular flexibility index (Phi) is 7.33. The fraction of sp³-hybridized carbons (Fsp3) is 0.550. The monoisotopic (exact) mass is 405 g/mol. The molecule has 7 nitrogen and oxygen atoms in total. The number of aryl methyl sites for hydroxylation is 1. The minimum Gasteiger partial charge on any atom is -0.378 e. The van der Waals surface area contributed by atoms with Gasteiger partial charge in [0.1, 0.15) is 0 Å². The van der Waals surface area contributed by atoms with Crippen LogP contribution in [0.3, 0.4) is 0 Å². The first-order chi connectivity index (χ1) is 13.5. The third-order valence-electron chi connectivity index (χ3n) is 5.02. The van der Waals surface area contributed by atoms with E-state index in [-0.39, 0.29) is 5.91 Å². The molecule has 0 spiro atoms. The Morgan fingerprint density at radius 3 is 2.00 bits per heavy atom. The summed E-state index contributed by atoms with van der Waals surface area (Å²) in [5.41, 5.74) is 2.43. The molecule has 2 heterocycles. The molecule has 1 aromatic rings. The van der Waals surface area contributed by atoms with E-state index < -0.39 is 11.8 Å². The first-order valence-electron chi connectivity index (χ1n) is 9.61. The maximum atomic E-state index is 12.4. The number of nitrogens with zero attached hydrogens (tertiary/aromatic N) is 3. The molecular weight excluding hydrogens is 378 g/mol. The van der Waals surface area contributed by atoms with E-state index in [1.54, 1.807) is 26.5 Å². The van der Waals surface area contributed by atoms with Crippen LogP contribution in [0.4, 0.5) is 0 Å². The third kappa shape index (κ3) is 5.48. The summed E-state index contributed by atoms with van der Waals surface area (Å²) < 4.78 is 5.22. The van der Waals surface area contributed by atoms with Gasteiger partial charge in [-0.15, -0.1) is 11.8 Å². The van der Waals surface area contributed by atoms with Crippen LogP contribution in [0.2, 0.25) is 0 Å². The average Bonchev–Trinajstić information content (AvgIpc) is 2.74. The molecule has 0 bridgehead atoms. The predicted octanol–water partition coefficient (Wildman–Crippen LogP) is 0.758. The van der Waals surface area contributed by atoms with Crippen LogP contribution in [0.25, 0.3) is 0 Å². The third-order valence-corrected chi connectivity index (χ3v) is 6.00. The second-order valence-corrected chi connectivity index (χ2v) is 8.04. The van der Waals surface area contributed by atoms with E-state index in [2.05, 4.69) is 31.2 Å². The van der Waals surface area contributed by atoms with Crippen LogP contribution in [-0.2, 0) is 24.9 Å². The highest BCUT2D eigenvalue weighted by atomic mass is 32.2. The van der Waals surface area contributed by atoms with Gasteiger partial charge in [0, 0.05) is 45.0 Å². The number of thioether (sulfide) groups is 1. The van der Waals surface area contributed by atoms with E-state index in [1.165, 1.54) is 11.1 Å². The molecule has 28 heavy (non-hydrogen) atoms. The Morgan fingerprint density at radius 1 is 0.857 bits per heavy atom. The van der Waals surface area contributed by atoms with Crippen molar-refractivity contribution < 1.29 is 19.1 Å². The lowest BCUT2D eigenvalue weighted by Crippen LogP contribution is -2.55. The number of rotatable bonds is 4. The smallest absolute Gasteiger partial charge is 0.312 e. The number of carbonyl (C=O) groups is 3. The fourth-order valence-corrected chi connectivity index (χ4v) is 4.12. The molecule has 0 atom stereocenters. The van der Waals surface area contributed by atoms with Crippen LogP contribution in [0, 0.1) is 6.92 Å². The first-order valence-corrected chi connectivity index (χ1v) is 10.8. The van der Waals surface area contributed by atoms with Crippen LogP contribution in [0.5, 0.6) is 0 Å². The van der Waals surface area contributed by atoms with Gasteiger partial charge in [0.15, 0.2) is 0 Å². The van der Waals surface area contributed by atoms with Crippen molar-refractivity contribution in [1.82, 2.24) is 14.7 Å². The standard InChI is InChI=1S/C20H27N3O4S/c1-16-2-4-17(5-3-16)14-28-15-18(24)21-6-8-22(9-7-21)19(25)20(26)23-10-12-27-13-11-23/h2-5H,6-15H2,1H3. The lowest BCUT2D eigenvalue weighted by atomic mass is 10.2. The van der Waals surface area contributed by atoms with Crippen molar-refractivity contribution in [1.29, 1.82) is 0 Å². The molecule has 2 fully saturated rings. The maximum Gasteiger partial charge on any atom is 0.312 e. The van der Waals surface area contributed by atoms with Crippen LogP contribution in [-0.4, -0.2) is 90.7 Å². The van der Waals surface area contributed by atoms with Crippen LogP contribution in [0.15, 0.2) is 24.3 Å². The number of morpholine rings is 1. The van der Waals surface area contributed by atoms with Crippen molar-refractivity contribution in [2.45, 2.75) is 12.7 Å². The molecule has 0 radical (unpaired) electrons. The van der Waals surface area contributed by atoms with Crippen molar-refractivity contribution in [3.8, 4) is 0 Å². The number of amides is 3. The number of hydrogen-bond acceptors (Lipinski definition) is 5. The largest absolute Gasteiger partial charge is 0.378 e. The number of benzene rings is 1. The molecule has 0 saturated carbocycles. The van der Waals surface area contributed by atoms with Gasteiger partial charge in [-0.25, -0.2) is 0 Å². The summed E-state index contributed by atoms with van der Waals surface area (Å²) in [6, 6.07) is 8.32. The second-order valence-electron chi connectivity index (χ2n) is 7.06. The van der Waals surface area contributed by atoms with E-state index in [1.807, 2.05) is 0 Å². The van der Waals surface area contributed by atoms with Gasteiger partial charge >= 0.3 is 11.8 Å². The SMILES string of the molecule is Cc1ccc(CSCC(=O)N2CCN(C(=O)C(=O)N3CCOCC3)CC2)cc1. The van der Waals surface area contributed by atoms with E-state index in [0.717, 1.165) is 5.75 Å². The maximum absolute atomic E-state index is 12.4. The molecular formula is C20H27N3O4S. The Labute approximate surface area is 170 Å². The molecule has 2 aliphatic heterocycles. The summed E-state index contributed by atoms with van der Waals surface area (Å²) in [5, 5.41) is 0. The zero-order chi connectivity index (χ0) is 19.9. The number of piperazine rings is 1. The van der Waals surface area contributed by atoms with Crippen molar-refractivity contribution in [2.75, 3.05) is 58.2 Å². The molecule has 1 aromatic carbocycles. The van der Waals surface area contributed by atoms with Crippen LogP contribution in [0.1, 0.15) is 11.1 Å². The molecule has 2 saturated heterocycles. The second kappa shape index (κ2) is 9.93. The summed E-state index contributed by atoms with van der Waals surface area (Å²) in [4.78, 5) is 42.0. The van der Waals surface area contributed by atoms with Gasteiger partial charge in [-0.05, 0) is 12.5 Å². The zero-order valence-electron chi connectivity index (χ0n) is 16.3. The molecule has 3 amide bonds. The minimum absolute atomic E-state index is 0.0868. The molecule has 8 heteroatoms. The number of carbonyl (C=O) groups excluding carboxylic acids is 3. The van der Waals surface area contributed by atoms with Gasteiger partial charge in [-0.3, -0.25) is 14.4 Å². The Bertz CT molecular complexity index is 696. The van der Waals surface area contributed by atoms with E-state index >= 15 is 0 Å². The van der Waals surface area contributed by atoms with E-state index in [9.17, 15) is 14.4 Å². The van der Waals surface area contributed by atoms with E-state index in [0.29, 0.717) is 58.2 Å². The summed E-state index contributed by atoms with van der Waals surface area (Å²) in [5.74, 6) is 0.385. The van der Waals surface area contributed by atoms with Gasteiger partial charge in [0.05, 0.1) is 19.0 Å². The highest BCUT2D eigenvalue weighted by Crippen LogP contribution is 2.14. The fourth-order valence-electron chi connectivity index (χ4n) is 3.23. The van der Waals surface area contributed by atoms with Gasteiger partial charge < -0.3 is 19.4 Å². The van der Waals surface area contributed by atoms with E-state index in [4.69, 9.17) is 4.74 Å². The number of ether oxygens (including phenoxy) is 1. The van der Waals surface area contributed by atoms with Crippen molar-refractivity contribution in [3.05, 3.63) is 35.4 Å². The van der Waals surface area contributed by atoms with Crippen molar-refractivity contribution in [3.63, 3.8) is 0 Å². The van der Waals surface area contributed by atoms with Gasteiger partial charge in [0.2, 0.25) is 5.91 Å². The van der Waals surface area contributed by atoms with Crippen molar-refractivity contribution in [2.24, 2.45) is 0 Å². The predicted molar refractivity (Wildman–Crippen MR) is 108 cm³/mol. The molecule has 0 N–H and O–H groups in total. The van der Waals surface area contributed by atoms with Crippen LogP contribution >= 0.6 is 11.8 Å². The summed E-state index contributed by atoms with van der Waals surface area (Å²) in [6.45, 7) is 5.69. The minimum atomic E-state index is -0.470. The van der Waals surface area contributed by atoms with Gasteiger partial charge in [-0.2, -0.15) is 0 Å². The molecule has 3 rings (SSSR count). The van der Waals surface area contributed by atoms with Gasteiger partial charge in [0.25, 0.3) is 0 Å². The Hall–Kier alpha value is -2.06. The van der Waals surface area contributed by atoms with Crippen LogP contribution < -0.4 is 0 Å². The Morgan fingerprint density at radius 2 is 1.39 bits per heavy atom. The number of hydrogen-bond donors (Lipinski definition) is 0. The lowest BCUT2D eigenvalue weighted by molar-refractivity contribution is -0.155. The van der Waals surface area contributed by atoms with Crippen molar-refractivity contribution >= 4 is 29.5 Å². The average molecular weight is 406 g/mol. The summed E-state index contributed by atoms with van der Waals surface area (Å²) in [6.07, 6.45) is 0. The highest BCUT2D eigenvalue weighted by molar-refractivity contribution is 7.99. The Balaban J connectivity index is 1.39. The molecule has 152 valence electrons. The summed E-state index contributed by atoms with van der Waals surface area (Å²) >= 11 is 1.60. The molecule has 2 aliphatic rings. The molecule has 0 unspecified atom stereocenters. The molecule has 0 aromatic heterocycles. The first kappa shape index (κ1) is 20.7. The normalized spacial score (nSPS) is 17.5. The molecule has 0 aliphatic carbocycles. The summed E-state index contributed by atoms with van der Waals surface area (Å²) in [7, 11) is 0. The zero-order valence-corrected chi connectivity index (χ0v) is 17.1. The quantitative estimate of drug-likeness (QED) is 0.692. The van der Waals surface area contributed by atoms with Gasteiger partial charge in [-0.1, -0.05) is 29.8 Å². The lowest BCUT2D eigenvalue weighted by Gasteiger charge is -2.35. The highest BCUT2D eigenvalue weighted by Gasteiger charge is 2.31. The topological polar surface area (TPSA) is 70.2 Å².